The standard InChI is InChI=1S/C20H27BrO4/c1-10(22)25-19-13-3-4-15-18(14(13)9-16(19)21)17(24)8-11-7-12(23)5-6-20(11,15)2/h5-7,12-19,23-24H,3-4,8-9H2,1-2H3/t12-,13-,14?,15?,16+,17-,18?,19+,20-/m0/s1. The van der Waals surface area contributed by atoms with Crippen molar-refractivity contribution in [2.24, 2.45) is 29.1 Å². The monoisotopic (exact) mass is 410 g/mol. The molecule has 3 unspecified atom stereocenters. The van der Waals surface area contributed by atoms with Crippen LogP contribution in [0.1, 0.15) is 39.5 Å². The zero-order chi connectivity index (χ0) is 17.9. The Labute approximate surface area is 157 Å². The van der Waals surface area contributed by atoms with Crippen LogP contribution in [0.4, 0.5) is 0 Å². The average Bonchev–Trinajstić information content (AvgIpc) is 2.85. The zero-order valence-electron chi connectivity index (χ0n) is 14.8. The first-order valence-electron chi connectivity index (χ1n) is 9.39. The van der Waals surface area contributed by atoms with Gasteiger partial charge in [0.1, 0.15) is 6.10 Å². The number of allylic oxidation sites excluding steroid dienone is 1. The molecule has 25 heavy (non-hydrogen) atoms. The van der Waals surface area contributed by atoms with Crippen molar-refractivity contribution in [2.75, 3.05) is 0 Å². The number of ether oxygens (including phenoxy) is 1. The highest BCUT2D eigenvalue weighted by molar-refractivity contribution is 9.09. The van der Waals surface area contributed by atoms with Crippen molar-refractivity contribution in [3.8, 4) is 0 Å². The minimum absolute atomic E-state index is 0.0740. The molecule has 9 atom stereocenters. The topological polar surface area (TPSA) is 66.8 Å². The van der Waals surface area contributed by atoms with E-state index in [0.29, 0.717) is 24.2 Å². The molecular formula is C20H27BrO4. The van der Waals surface area contributed by atoms with Crippen LogP contribution in [-0.2, 0) is 9.53 Å². The van der Waals surface area contributed by atoms with E-state index in [4.69, 9.17) is 4.74 Å². The zero-order valence-corrected chi connectivity index (χ0v) is 16.4. The van der Waals surface area contributed by atoms with E-state index >= 15 is 0 Å². The van der Waals surface area contributed by atoms with Crippen molar-refractivity contribution < 1.29 is 19.7 Å². The van der Waals surface area contributed by atoms with Crippen molar-refractivity contribution in [3.63, 3.8) is 0 Å². The Bertz CT molecular complexity index is 629. The number of hydrogen-bond donors (Lipinski definition) is 2. The fourth-order valence-electron chi connectivity index (χ4n) is 6.23. The van der Waals surface area contributed by atoms with Crippen LogP contribution in [0.3, 0.4) is 0 Å². The van der Waals surface area contributed by atoms with Gasteiger partial charge in [-0.05, 0) is 43.4 Å². The summed E-state index contributed by atoms with van der Waals surface area (Å²) in [6, 6.07) is 0. The van der Waals surface area contributed by atoms with Gasteiger partial charge in [-0.3, -0.25) is 4.79 Å². The molecule has 0 heterocycles. The molecule has 3 saturated carbocycles. The molecule has 0 aliphatic heterocycles. The van der Waals surface area contributed by atoms with Crippen molar-refractivity contribution in [3.05, 3.63) is 23.8 Å². The Hall–Kier alpha value is -0.650. The number of fused-ring (bicyclic) bond motifs is 5. The van der Waals surface area contributed by atoms with Gasteiger partial charge in [0.15, 0.2) is 0 Å². The van der Waals surface area contributed by atoms with Crippen LogP contribution in [0.15, 0.2) is 23.8 Å². The first-order chi connectivity index (χ1) is 11.8. The Morgan fingerprint density at radius 2 is 2.08 bits per heavy atom. The first kappa shape index (κ1) is 17.7. The Morgan fingerprint density at radius 3 is 2.80 bits per heavy atom. The van der Waals surface area contributed by atoms with E-state index in [0.717, 1.165) is 19.3 Å². The van der Waals surface area contributed by atoms with Gasteiger partial charge in [-0.15, -0.1) is 0 Å². The third-order valence-electron chi connectivity index (χ3n) is 7.24. The summed E-state index contributed by atoms with van der Waals surface area (Å²) in [5.41, 5.74) is 1.11. The predicted octanol–water partition coefficient (Wildman–Crippen LogP) is 2.97. The lowest BCUT2D eigenvalue weighted by Gasteiger charge is -2.55. The third-order valence-corrected chi connectivity index (χ3v) is 8.14. The van der Waals surface area contributed by atoms with Crippen LogP contribution in [0.25, 0.3) is 0 Å². The van der Waals surface area contributed by atoms with E-state index in [9.17, 15) is 15.0 Å². The smallest absolute Gasteiger partial charge is 0.302 e. The van der Waals surface area contributed by atoms with E-state index in [1.54, 1.807) is 0 Å². The van der Waals surface area contributed by atoms with Crippen molar-refractivity contribution in [1.82, 2.24) is 0 Å². The summed E-state index contributed by atoms with van der Waals surface area (Å²) in [4.78, 5) is 11.7. The van der Waals surface area contributed by atoms with Crippen LogP contribution in [0.2, 0.25) is 0 Å². The Balaban J connectivity index is 1.65. The number of halogens is 1. The summed E-state index contributed by atoms with van der Waals surface area (Å²) in [6.45, 7) is 3.74. The molecule has 5 heteroatoms. The fourth-order valence-corrected chi connectivity index (χ4v) is 7.16. The van der Waals surface area contributed by atoms with Crippen LogP contribution < -0.4 is 0 Å². The first-order valence-corrected chi connectivity index (χ1v) is 10.3. The largest absolute Gasteiger partial charge is 0.461 e. The lowest BCUT2D eigenvalue weighted by atomic mass is 9.50. The van der Waals surface area contributed by atoms with Gasteiger partial charge in [0.25, 0.3) is 0 Å². The molecular weight excluding hydrogens is 384 g/mol. The lowest BCUT2D eigenvalue weighted by Crippen LogP contribution is -2.52. The molecule has 0 bridgehead atoms. The highest BCUT2D eigenvalue weighted by Gasteiger charge is 2.58. The molecule has 0 aromatic heterocycles. The molecule has 4 aliphatic rings. The van der Waals surface area contributed by atoms with Crippen LogP contribution in [0.5, 0.6) is 0 Å². The fraction of sp³-hybridized carbons (Fsp3) is 0.750. The molecule has 4 rings (SSSR count). The van der Waals surface area contributed by atoms with Gasteiger partial charge in [0, 0.05) is 18.3 Å². The lowest BCUT2D eigenvalue weighted by molar-refractivity contribution is -0.150. The van der Waals surface area contributed by atoms with Gasteiger partial charge in [-0.2, -0.15) is 0 Å². The van der Waals surface area contributed by atoms with E-state index < -0.39 is 6.10 Å². The maximum Gasteiger partial charge on any atom is 0.302 e. The maximum absolute atomic E-state index is 11.5. The quantitative estimate of drug-likeness (QED) is 0.396. The van der Waals surface area contributed by atoms with Gasteiger partial charge in [0.2, 0.25) is 0 Å². The number of hydrogen-bond acceptors (Lipinski definition) is 4. The molecule has 4 aliphatic carbocycles. The molecule has 138 valence electrons. The molecule has 0 aromatic rings. The molecule has 0 saturated heterocycles. The number of carbonyl (C=O) groups excluding carboxylic acids is 1. The van der Waals surface area contributed by atoms with Crippen molar-refractivity contribution >= 4 is 21.9 Å². The molecule has 0 spiro atoms. The van der Waals surface area contributed by atoms with E-state index in [1.807, 2.05) is 12.2 Å². The average molecular weight is 411 g/mol. The SMILES string of the molecule is CC(=O)O[C@H]1[C@H](Br)CC2C3C(CC[C@@H]21)[C@@]1(C)C=C[C@H](O)C=C1C[C@@H]3O. The van der Waals surface area contributed by atoms with E-state index in [2.05, 4.69) is 28.9 Å². The number of aliphatic hydroxyl groups is 2. The molecule has 2 N–H and O–H groups in total. The highest BCUT2D eigenvalue weighted by Crippen LogP contribution is 2.61. The van der Waals surface area contributed by atoms with Crippen LogP contribution >= 0.6 is 15.9 Å². The molecule has 4 nitrogen and oxygen atoms in total. The second-order valence-electron chi connectivity index (χ2n) is 8.51. The molecule has 0 radical (unpaired) electrons. The van der Waals surface area contributed by atoms with Gasteiger partial charge in [0.05, 0.1) is 17.0 Å². The summed E-state index contributed by atoms with van der Waals surface area (Å²) >= 11 is 3.73. The summed E-state index contributed by atoms with van der Waals surface area (Å²) in [5, 5.41) is 20.9. The summed E-state index contributed by atoms with van der Waals surface area (Å²) < 4.78 is 5.63. The van der Waals surface area contributed by atoms with Crippen LogP contribution in [0, 0.1) is 29.1 Å². The molecule has 0 aromatic carbocycles. The van der Waals surface area contributed by atoms with E-state index in [1.165, 1.54) is 12.5 Å². The Kier molecular flexibility index (Phi) is 4.41. The van der Waals surface area contributed by atoms with Crippen molar-refractivity contribution in [1.29, 1.82) is 0 Å². The number of carbonyl (C=O) groups is 1. The van der Waals surface area contributed by atoms with Gasteiger partial charge < -0.3 is 14.9 Å². The van der Waals surface area contributed by atoms with Gasteiger partial charge in [-0.1, -0.05) is 46.7 Å². The third kappa shape index (κ3) is 2.74. The summed E-state index contributed by atoms with van der Waals surface area (Å²) in [5.74, 6) is 1.09. The summed E-state index contributed by atoms with van der Waals surface area (Å²) in [7, 11) is 0. The highest BCUT2D eigenvalue weighted by atomic mass is 79.9. The van der Waals surface area contributed by atoms with E-state index in [-0.39, 0.29) is 34.3 Å². The minimum atomic E-state index is -0.532. The van der Waals surface area contributed by atoms with Crippen LogP contribution in [-0.4, -0.2) is 39.3 Å². The van der Waals surface area contributed by atoms with Gasteiger partial charge >= 0.3 is 5.97 Å². The molecule has 3 fully saturated rings. The number of alkyl halides is 1. The summed E-state index contributed by atoms with van der Waals surface area (Å²) in [6.07, 6.45) is 8.61. The predicted molar refractivity (Wildman–Crippen MR) is 98.0 cm³/mol. The second kappa shape index (κ2) is 6.21. The maximum atomic E-state index is 11.5. The number of rotatable bonds is 1. The van der Waals surface area contributed by atoms with Crippen molar-refractivity contribution in [2.45, 2.75) is 62.7 Å². The normalized spacial score (nSPS) is 51.2. The number of aliphatic hydroxyl groups excluding tert-OH is 2. The number of esters is 1. The Morgan fingerprint density at radius 1 is 1.32 bits per heavy atom. The van der Waals surface area contributed by atoms with Gasteiger partial charge in [-0.25, -0.2) is 0 Å². The minimum Gasteiger partial charge on any atom is -0.461 e. The molecule has 0 amide bonds. The second-order valence-corrected chi connectivity index (χ2v) is 9.69.